The van der Waals surface area contributed by atoms with E-state index < -0.39 is 0 Å². The highest BCUT2D eigenvalue weighted by molar-refractivity contribution is 5.27. The van der Waals surface area contributed by atoms with Gasteiger partial charge < -0.3 is 10.1 Å². The van der Waals surface area contributed by atoms with Crippen molar-refractivity contribution in [2.75, 3.05) is 26.2 Å². The monoisotopic (exact) mass is 276 g/mol. The van der Waals surface area contributed by atoms with E-state index in [0.717, 1.165) is 31.9 Å². The highest BCUT2D eigenvalue weighted by Gasteiger charge is 2.07. The van der Waals surface area contributed by atoms with E-state index in [0.29, 0.717) is 12.6 Å². The first-order valence-corrected chi connectivity index (χ1v) is 7.44. The molecule has 1 aromatic rings. The minimum absolute atomic E-state index is 0.513. The molecule has 3 nitrogen and oxygen atoms in total. The average Bonchev–Trinajstić information content (AvgIpc) is 2.45. The summed E-state index contributed by atoms with van der Waals surface area (Å²) in [7, 11) is 0. The van der Waals surface area contributed by atoms with Crippen LogP contribution in [0.25, 0.3) is 0 Å². The van der Waals surface area contributed by atoms with Gasteiger partial charge in [-0.05, 0) is 38.1 Å². The molecule has 0 saturated carbocycles. The summed E-state index contributed by atoms with van der Waals surface area (Å²) in [4.78, 5) is 2.34. The molecule has 1 N–H and O–H groups in total. The van der Waals surface area contributed by atoms with Crippen LogP contribution in [-0.4, -0.2) is 37.2 Å². The second-order valence-corrected chi connectivity index (χ2v) is 5.15. The summed E-state index contributed by atoms with van der Waals surface area (Å²) < 4.78 is 5.80. The van der Waals surface area contributed by atoms with Crippen molar-refractivity contribution >= 4 is 0 Å². The maximum Gasteiger partial charge on any atom is 0.119 e. The van der Waals surface area contributed by atoms with Crippen molar-refractivity contribution in [1.82, 2.24) is 10.2 Å². The van der Waals surface area contributed by atoms with Gasteiger partial charge in [0.2, 0.25) is 0 Å². The summed E-state index contributed by atoms with van der Waals surface area (Å²) in [5.74, 6) is 0.938. The van der Waals surface area contributed by atoms with Crippen LogP contribution in [0.15, 0.2) is 36.9 Å². The predicted octanol–water partition coefficient (Wildman–Crippen LogP) is 3.07. The second kappa shape index (κ2) is 9.56. The summed E-state index contributed by atoms with van der Waals surface area (Å²) in [6.45, 7) is 14.7. The van der Waals surface area contributed by atoms with E-state index in [4.69, 9.17) is 4.74 Å². The molecular formula is C17H28N2O. The van der Waals surface area contributed by atoms with Gasteiger partial charge in [0.25, 0.3) is 0 Å². The van der Waals surface area contributed by atoms with Gasteiger partial charge in [0.05, 0.1) is 0 Å². The SMILES string of the molecule is C=CCN(CCOc1ccc(CNCC)cc1)C(C)C. The molecule has 0 spiro atoms. The normalized spacial score (nSPS) is 11.1. The Morgan fingerprint density at radius 2 is 2.00 bits per heavy atom. The third-order valence-corrected chi connectivity index (χ3v) is 3.24. The van der Waals surface area contributed by atoms with E-state index in [9.17, 15) is 0 Å². The fraction of sp³-hybridized carbons (Fsp3) is 0.529. The van der Waals surface area contributed by atoms with Crippen LogP contribution in [0.2, 0.25) is 0 Å². The maximum absolute atomic E-state index is 5.80. The van der Waals surface area contributed by atoms with Crippen molar-refractivity contribution in [3.8, 4) is 5.75 Å². The van der Waals surface area contributed by atoms with E-state index >= 15 is 0 Å². The number of benzene rings is 1. The average molecular weight is 276 g/mol. The van der Waals surface area contributed by atoms with Gasteiger partial charge in [0, 0.05) is 25.7 Å². The second-order valence-electron chi connectivity index (χ2n) is 5.15. The molecule has 0 heterocycles. The number of nitrogens with one attached hydrogen (secondary N) is 1. The first kappa shape index (κ1) is 16.7. The molecule has 112 valence electrons. The van der Waals surface area contributed by atoms with Gasteiger partial charge in [0.1, 0.15) is 12.4 Å². The lowest BCUT2D eigenvalue weighted by atomic mass is 10.2. The van der Waals surface area contributed by atoms with Crippen LogP contribution in [0, 0.1) is 0 Å². The lowest BCUT2D eigenvalue weighted by Gasteiger charge is -2.24. The fourth-order valence-electron chi connectivity index (χ4n) is 1.98. The first-order valence-electron chi connectivity index (χ1n) is 7.44. The van der Waals surface area contributed by atoms with Gasteiger partial charge in [-0.3, -0.25) is 4.90 Å². The molecule has 0 atom stereocenters. The largest absolute Gasteiger partial charge is 0.492 e. The molecule has 0 aliphatic carbocycles. The van der Waals surface area contributed by atoms with Crippen molar-refractivity contribution in [3.63, 3.8) is 0 Å². The van der Waals surface area contributed by atoms with Gasteiger partial charge in [-0.15, -0.1) is 6.58 Å². The maximum atomic E-state index is 5.80. The van der Waals surface area contributed by atoms with Crippen molar-refractivity contribution in [1.29, 1.82) is 0 Å². The number of ether oxygens (including phenoxy) is 1. The molecule has 0 fully saturated rings. The molecule has 20 heavy (non-hydrogen) atoms. The molecule has 1 rings (SSSR count). The van der Waals surface area contributed by atoms with E-state index in [1.54, 1.807) is 0 Å². The van der Waals surface area contributed by atoms with Crippen LogP contribution >= 0.6 is 0 Å². The van der Waals surface area contributed by atoms with Gasteiger partial charge in [-0.25, -0.2) is 0 Å². The Morgan fingerprint density at radius 1 is 1.30 bits per heavy atom. The van der Waals surface area contributed by atoms with Crippen molar-refractivity contribution < 1.29 is 4.74 Å². The van der Waals surface area contributed by atoms with E-state index in [2.05, 4.69) is 49.7 Å². The quantitative estimate of drug-likeness (QED) is 0.665. The molecule has 0 amide bonds. The van der Waals surface area contributed by atoms with Gasteiger partial charge in [-0.1, -0.05) is 25.1 Å². The topological polar surface area (TPSA) is 24.5 Å². The smallest absolute Gasteiger partial charge is 0.119 e. The van der Waals surface area contributed by atoms with Crippen LogP contribution in [0.3, 0.4) is 0 Å². The Hall–Kier alpha value is -1.32. The number of hydrogen-bond donors (Lipinski definition) is 1. The highest BCUT2D eigenvalue weighted by atomic mass is 16.5. The van der Waals surface area contributed by atoms with Crippen LogP contribution in [-0.2, 0) is 6.54 Å². The third-order valence-electron chi connectivity index (χ3n) is 3.24. The summed E-state index contributed by atoms with van der Waals surface area (Å²) in [6, 6.07) is 8.82. The van der Waals surface area contributed by atoms with E-state index in [-0.39, 0.29) is 0 Å². The fourth-order valence-corrected chi connectivity index (χ4v) is 1.98. The molecule has 0 aromatic heterocycles. The zero-order valence-electron chi connectivity index (χ0n) is 13.1. The highest BCUT2D eigenvalue weighted by Crippen LogP contribution is 2.12. The zero-order valence-corrected chi connectivity index (χ0v) is 13.1. The minimum Gasteiger partial charge on any atom is -0.492 e. The number of rotatable bonds is 10. The van der Waals surface area contributed by atoms with E-state index in [1.165, 1.54) is 5.56 Å². The Labute approximate surface area is 123 Å². The standard InChI is InChI=1S/C17H28N2O/c1-5-11-19(15(3)4)12-13-20-17-9-7-16(8-10-17)14-18-6-2/h5,7-10,15,18H,1,6,11-14H2,2-4H3. The Balaban J connectivity index is 2.35. The number of nitrogens with zero attached hydrogens (tertiary/aromatic N) is 1. The van der Waals surface area contributed by atoms with Crippen LogP contribution in [0.5, 0.6) is 5.75 Å². The van der Waals surface area contributed by atoms with Gasteiger partial charge >= 0.3 is 0 Å². The van der Waals surface area contributed by atoms with Crippen molar-refractivity contribution in [2.24, 2.45) is 0 Å². The number of hydrogen-bond acceptors (Lipinski definition) is 3. The van der Waals surface area contributed by atoms with Crippen LogP contribution in [0.1, 0.15) is 26.3 Å². The molecule has 0 aliphatic rings. The molecule has 0 unspecified atom stereocenters. The third kappa shape index (κ3) is 6.22. The lowest BCUT2D eigenvalue weighted by Crippen LogP contribution is -2.34. The molecule has 0 saturated heterocycles. The summed E-state index contributed by atoms with van der Waals surface area (Å²) in [5.41, 5.74) is 1.29. The minimum atomic E-state index is 0.513. The molecular weight excluding hydrogens is 248 g/mol. The Kier molecular flexibility index (Phi) is 8.00. The van der Waals surface area contributed by atoms with Gasteiger partial charge in [0.15, 0.2) is 0 Å². The summed E-state index contributed by atoms with van der Waals surface area (Å²) in [6.07, 6.45) is 1.94. The van der Waals surface area contributed by atoms with Crippen molar-refractivity contribution in [3.05, 3.63) is 42.5 Å². The first-order chi connectivity index (χ1) is 9.67. The summed E-state index contributed by atoms with van der Waals surface area (Å²) >= 11 is 0. The van der Waals surface area contributed by atoms with Gasteiger partial charge in [-0.2, -0.15) is 0 Å². The zero-order chi connectivity index (χ0) is 14.8. The molecule has 0 bridgehead atoms. The molecule has 3 heteroatoms. The molecule has 1 aromatic carbocycles. The van der Waals surface area contributed by atoms with Crippen LogP contribution in [0.4, 0.5) is 0 Å². The van der Waals surface area contributed by atoms with E-state index in [1.807, 2.05) is 18.2 Å². The lowest BCUT2D eigenvalue weighted by molar-refractivity contribution is 0.191. The molecule has 0 radical (unpaired) electrons. The van der Waals surface area contributed by atoms with Crippen molar-refractivity contribution in [2.45, 2.75) is 33.4 Å². The Morgan fingerprint density at radius 3 is 2.55 bits per heavy atom. The predicted molar refractivity (Wildman–Crippen MR) is 86.2 cm³/mol. The Bertz CT molecular complexity index is 373. The molecule has 0 aliphatic heterocycles. The van der Waals surface area contributed by atoms with Crippen LogP contribution < -0.4 is 10.1 Å². The summed E-state index contributed by atoms with van der Waals surface area (Å²) in [5, 5.41) is 3.31.